The molecule has 2 atom stereocenters. The molecule has 1 fully saturated rings. The van der Waals surface area contributed by atoms with Gasteiger partial charge in [-0.05, 0) is 12.5 Å². The second-order valence-electron chi connectivity index (χ2n) is 5.69. The minimum atomic E-state index is -3.58. The van der Waals surface area contributed by atoms with Gasteiger partial charge in [0.1, 0.15) is 5.76 Å². The minimum Gasteiger partial charge on any atom is -0.472 e. The molecule has 2 heterocycles. The fourth-order valence-electron chi connectivity index (χ4n) is 3.38. The van der Waals surface area contributed by atoms with Gasteiger partial charge in [0.05, 0.1) is 38.0 Å². The lowest BCUT2D eigenvalue weighted by atomic mass is 9.92. The summed E-state index contributed by atoms with van der Waals surface area (Å²) in [6, 6.07) is -0.0868. The van der Waals surface area contributed by atoms with E-state index in [9.17, 15) is 8.42 Å². The van der Waals surface area contributed by atoms with Crippen LogP contribution in [-0.4, -0.2) is 51.9 Å². The van der Waals surface area contributed by atoms with E-state index in [-0.39, 0.29) is 12.0 Å². The molecule has 0 saturated carbocycles. The Morgan fingerprint density at radius 1 is 1.36 bits per heavy atom. The Balaban J connectivity index is 2.02. The molecule has 0 aromatic heterocycles. The van der Waals surface area contributed by atoms with Crippen LogP contribution in [0.2, 0.25) is 0 Å². The largest absolute Gasteiger partial charge is 0.472 e. The van der Waals surface area contributed by atoms with E-state index in [1.807, 2.05) is 0 Å². The molecule has 0 aromatic carbocycles. The van der Waals surface area contributed by atoms with Crippen LogP contribution in [-0.2, 0) is 23.8 Å². The van der Waals surface area contributed by atoms with Crippen LogP contribution in [0.5, 0.6) is 0 Å². The summed E-state index contributed by atoms with van der Waals surface area (Å²) in [5.41, 5.74) is 1.85. The van der Waals surface area contributed by atoms with Crippen LogP contribution in [0.25, 0.3) is 0 Å². The summed E-state index contributed by atoms with van der Waals surface area (Å²) in [6.07, 6.45) is 7.02. The van der Waals surface area contributed by atoms with E-state index in [2.05, 4.69) is 11.8 Å². The number of hydrogen-bond donors (Lipinski definition) is 0. The van der Waals surface area contributed by atoms with Crippen molar-refractivity contribution in [3.05, 3.63) is 35.5 Å². The van der Waals surface area contributed by atoms with Crippen LogP contribution >= 0.6 is 0 Å². The molecule has 22 heavy (non-hydrogen) atoms. The lowest BCUT2D eigenvalue weighted by Crippen LogP contribution is -2.47. The molecule has 0 spiro atoms. The van der Waals surface area contributed by atoms with E-state index in [1.54, 1.807) is 18.6 Å². The Morgan fingerprint density at radius 3 is 2.73 bits per heavy atom. The van der Waals surface area contributed by atoms with Gasteiger partial charge in [0, 0.05) is 30.2 Å². The van der Waals surface area contributed by atoms with E-state index in [1.165, 1.54) is 0 Å². The van der Waals surface area contributed by atoms with Crippen LogP contribution in [0, 0.1) is 5.92 Å². The van der Waals surface area contributed by atoms with E-state index in [4.69, 9.17) is 13.7 Å². The van der Waals surface area contributed by atoms with E-state index < -0.39 is 10.1 Å². The molecule has 0 bridgehead atoms. The van der Waals surface area contributed by atoms with Gasteiger partial charge in [0.2, 0.25) is 0 Å². The zero-order valence-corrected chi connectivity index (χ0v) is 13.6. The molecular formula is C15H21NO5S. The zero-order valence-electron chi connectivity index (χ0n) is 12.8. The van der Waals surface area contributed by atoms with Crippen LogP contribution in [0.15, 0.2) is 35.5 Å². The highest BCUT2D eigenvalue weighted by atomic mass is 32.2. The summed E-state index contributed by atoms with van der Waals surface area (Å²) in [5.74, 6) is 0.678. The average Bonchev–Trinajstić information content (AvgIpc) is 2.80. The summed E-state index contributed by atoms with van der Waals surface area (Å²) in [5, 5.41) is 0. The second kappa shape index (κ2) is 6.06. The van der Waals surface area contributed by atoms with Crippen molar-refractivity contribution in [2.45, 2.75) is 19.4 Å². The van der Waals surface area contributed by atoms with Gasteiger partial charge in [0.25, 0.3) is 0 Å². The Kier molecular flexibility index (Phi) is 4.29. The molecule has 1 saturated heterocycles. The molecule has 122 valence electrons. The first-order valence-electron chi connectivity index (χ1n) is 7.49. The molecule has 0 aromatic rings. The van der Waals surface area contributed by atoms with Gasteiger partial charge in [-0.1, -0.05) is 6.92 Å². The van der Waals surface area contributed by atoms with Crippen molar-refractivity contribution >= 4 is 10.1 Å². The fourth-order valence-corrected chi connectivity index (χ4v) is 3.89. The van der Waals surface area contributed by atoms with E-state index in [0.29, 0.717) is 19.0 Å². The molecule has 2 unspecified atom stereocenters. The number of ether oxygens (including phenoxy) is 2. The Bertz CT molecular complexity index is 628. The molecule has 0 amide bonds. The van der Waals surface area contributed by atoms with Crippen molar-refractivity contribution in [2.24, 2.45) is 5.92 Å². The number of morpholine rings is 1. The monoisotopic (exact) mass is 327 g/mol. The Labute approximate surface area is 131 Å². The highest BCUT2D eigenvalue weighted by Gasteiger charge is 2.44. The fraction of sp³-hybridized carbons (Fsp3) is 0.600. The summed E-state index contributed by atoms with van der Waals surface area (Å²) in [6.45, 7) is 4.93. The number of rotatable bonds is 4. The first-order chi connectivity index (χ1) is 10.5. The maximum absolute atomic E-state index is 11.7. The van der Waals surface area contributed by atoms with Gasteiger partial charge in [-0.2, -0.15) is 8.42 Å². The molecular weight excluding hydrogens is 306 g/mol. The lowest BCUT2D eigenvalue weighted by molar-refractivity contribution is 0.0100. The third kappa shape index (κ3) is 2.93. The molecule has 6 nitrogen and oxygen atoms in total. The van der Waals surface area contributed by atoms with E-state index >= 15 is 0 Å². The quantitative estimate of drug-likeness (QED) is 0.727. The lowest BCUT2D eigenvalue weighted by Gasteiger charge is -2.36. The van der Waals surface area contributed by atoms with Crippen LogP contribution in [0.1, 0.15) is 13.3 Å². The highest BCUT2D eigenvalue weighted by molar-refractivity contribution is 7.86. The van der Waals surface area contributed by atoms with Crippen molar-refractivity contribution in [1.82, 2.24) is 4.90 Å². The Morgan fingerprint density at radius 2 is 2.09 bits per heavy atom. The van der Waals surface area contributed by atoms with Crippen molar-refractivity contribution in [2.75, 3.05) is 32.6 Å². The number of allylic oxidation sites excluding steroid dienone is 2. The maximum Gasteiger partial charge on any atom is 0.306 e. The van der Waals surface area contributed by atoms with Gasteiger partial charge >= 0.3 is 10.1 Å². The average molecular weight is 327 g/mol. The van der Waals surface area contributed by atoms with Gasteiger partial charge in [-0.15, -0.1) is 0 Å². The first-order valence-corrected chi connectivity index (χ1v) is 9.31. The van der Waals surface area contributed by atoms with Gasteiger partial charge in [-0.25, -0.2) is 0 Å². The van der Waals surface area contributed by atoms with Gasteiger partial charge < -0.3 is 13.7 Å². The van der Waals surface area contributed by atoms with Crippen LogP contribution < -0.4 is 0 Å². The third-order valence-corrected chi connectivity index (χ3v) is 4.74. The smallest absolute Gasteiger partial charge is 0.306 e. The van der Waals surface area contributed by atoms with E-state index in [0.717, 1.165) is 36.9 Å². The normalized spacial score (nSPS) is 29.1. The summed E-state index contributed by atoms with van der Waals surface area (Å²) >= 11 is 0. The predicted octanol–water partition coefficient (Wildman–Crippen LogP) is 1.39. The molecule has 1 aliphatic carbocycles. The zero-order chi connectivity index (χ0) is 15.7. The van der Waals surface area contributed by atoms with Crippen molar-refractivity contribution in [3.8, 4) is 0 Å². The molecule has 2 aliphatic heterocycles. The molecule has 0 N–H and O–H groups in total. The third-order valence-electron chi connectivity index (χ3n) is 4.25. The van der Waals surface area contributed by atoms with Crippen molar-refractivity contribution in [1.29, 1.82) is 0 Å². The molecule has 7 heteroatoms. The van der Waals surface area contributed by atoms with Crippen LogP contribution in [0.4, 0.5) is 0 Å². The minimum absolute atomic E-state index is 0.0868. The van der Waals surface area contributed by atoms with Crippen molar-refractivity contribution in [3.63, 3.8) is 0 Å². The maximum atomic E-state index is 11.7. The van der Waals surface area contributed by atoms with Gasteiger partial charge in [-0.3, -0.25) is 4.90 Å². The highest BCUT2D eigenvalue weighted by Crippen LogP contribution is 2.44. The molecule has 3 rings (SSSR count). The predicted molar refractivity (Wildman–Crippen MR) is 81.2 cm³/mol. The number of fused-ring (bicyclic) bond motifs is 1. The molecule has 3 aliphatic rings. The number of hydrogen-bond acceptors (Lipinski definition) is 6. The first kappa shape index (κ1) is 15.6. The summed E-state index contributed by atoms with van der Waals surface area (Å²) in [4.78, 5) is 2.25. The van der Waals surface area contributed by atoms with Crippen LogP contribution in [0.3, 0.4) is 0 Å². The van der Waals surface area contributed by atoms with Crippen molar-refractivity contribution < 1.29 is 22.1 Å². The standard InChI is InChI=1S/C15H21NO5S/c1-3-11-13-10-20-7-4-12(13)15(21-22(2,17)18)14(11)16-5-8-19-9-6-16/h4,7,10-11,14H,3,5-6,8-9H2,1-2H3. The Hall–Kier alpha value is -1.31. The second-order valence-corrected chi connectivity index (χ2v) is 7.26. The summed E-state index contributed by atoms with van der Waals surface area (Å²) < 4.78 is 39.5. The summed E-state index contributed by atoms with van der Waals surface area (Å²) in [7, 11) is -3.58. The number of nitrogens with zero attached hydrogens (tertiary/aromatic N) is 1. The molecule has 0 radical (unpaired) electrons. The SMILES string of the molecule is CCC1C2=COC=CC2=C(OS(C)(=O)=O)C1N1CCOCC1. The topological polar surface area (TPSA) is 65.1 Å². The van der Waals surface area contributed by atoms with Gasteiger partial charge in [0.15, 0.2) is 0 Å².